The lowest BCUT2D eigenvalue weighted by atomic mass is 10.1. The van der Waals surface area contributed by atoms with Gasteiger partial charge in [-0.15, -0.1) is 0 Å². The SMILES string of the molecule is O=C(Cn1ncccc1=O)NCc1cccnc1-c1ccsc1. The largest absolute Gasteiger partial charge is 0.350 e. The number of rotatable bonds is 5. The van der Waals surface area contributed by atoms with Crippen molar-refractivity contribution in [1.82, 2.24) is 20.1 Å². The third-order valence-corrected chi connectivity index (χ3v) is 3.92. The topological polar surface area (TPSA) is 76.9 Å². The van der Waals surface area contributed by atoms with Crippen LogP contribution >= 0.6 is 11.3 Å². The molecule has 0 atom stereocenters. The molecule has 3 rings (SSSR count). The van der Waals surface area contributed by atoms with E-state index >= 15 is 0 Å². The van der Waals surface area contributed by atoms with E-state index in [0.29, 0.717) is 6.54 Å². The summed E-state index contributed by atoms with van der Waals surface area (Å²) in [6.07, 6.45) is 3.20. The van der Waals surface area contributed by atoms with Crippen molar-refractivity contribution < 1.29 is 4.79 Å². The molecule has 0 radical (unpaired) electrons. The molecule has 6 nitrogen and oxygen atoms in total. The van der Waals surface area contributed by atoms with Crippen molar-refractivity contribution in [1.29, 1.82) is 0 Å². The Labute approximate surface area is 136 Å². The van der Waals surface area contributed by atoms with Crippen LogP contribution in [0.3, 0.4) is 0 Å². The molecule has 0 aliphatic carbocycles. The molecule has 0 saturated carbocycles. The molecule has 0 fully saturated rings. The van der Waals surface area contributed by atoms with Crippen LogP contribution in [0.4, 0.5) is 0 Å². The number of hydrogen-bond donors (Lipinski definition) is 1. The molecule has 0 saturated heterocycles. The lowest BCUT2D eigenvalue weighted by molar-refractivity contribution is -0.122. The lowest BCUT2D eigenvalue weighted by Crippen LogP contribution is -2.33. The Kier molecular flexibility index (Phi) is 4.58. The monoisotopic (exact) mass is 326 g/mol. The van der Waals surface area contributed by atoms with E-state index < -0.39 is 0 Å². The first-order chi connectivity index (χ1) is 11.2. The molecule has 3 aromatic rings. The van der Waals surface area contributed by atoms with E-state index in [0.717, 1.165) is 21.5 Å². The highest BCUT2D eigenvalue weighted by molar-refractivity contribution is 7.08. The standard InChI is InChI=1S/C16H14N4O2S/c21-14(10-20-15(22)4-2-7-19-20)18-9-12-3-1-6-17-16(12)13-5-8-23-11-13/h1-8,11H,9-10H2,(H,18,21). The predicted octanol–water partition coefficient (Wildman–Crippen LogP) is 1.68. The van der Waals surface area contributed by atoms with Gasteiger partial charge in [-0.2, -0.15) is 16.4 Å². The minimum atomic E-state index is -0.303. The number of carbonyl (C=O) groups excluding carboxylic acids is 1. The van der Waals surface area contributed by atoms with E-state index in [2.05, 4.69) is 15.4 Å². The number of hydrogen-bond acceptors (Lipinski definition) is 5. The molecule has 0 bridgehead atoms. The van der Waals surface area contributed by atoms with E-state index in [1.807, 2.05) is 29.0 Å². The van der Waals surface area contributed by atoms with Crippen molar-refractivity contribution in [3.05, 3.63) is 69.4 Å². The molecule has 0 unspecified atom stereocenters. The molecule has 7 heteroatoms. The number of thiophene rings is 1. The second-order valence-electron chi connectivity index (χ2n) is 4.82. The summed E-state index contributed by atoms with van der Waals surface area (Å²) in [7, 11) is 0. The van der Waals surface area contributed by atoms with Crippen LogP contribution in [0.25, 0.3) is 11.3 Å². The molecule has 0 aliphatic heterocycles. The quantitative estimate of drug-likeness (QED) is 0.774. The molecule has 3 heterocycles. The minimum absolute atomic E-state index is 0.103. The fourth-order valence-corrected chi connectivity index (χ4v) is 2.77. The van der Waals surface area contributed by atoms with E-state index in [1.165, 1.54) is 12.3 Å². The second-order valence-corrected chi connectivity index (χ2v) is 5.60. The van der Waals surface area contributed by atoms with Crippen LogP contribution in [0.15, 0.2) is 58.3 Å². The van der Waals surface area contributed by atoms with Gasteiger partial charge in [0.05, 0.1) is 5.69 Å². The number of pyridine rings is 1. The normalized spacial score (nSPS) is 10.4. The molecule has 0 aromatic carbocycles. The number of nitrogens with zero attached hydrogens (tertiary/aromatic N) is 3. The van der Waals surface area contributed by atoms with Crippen LogP contribution in [0.2, 0.25) is 0 Å². The zero-order valence-electron chi connectivity index (χ0n) is 12.2. The first kappa shape index (κ1) is 15.1. The molecule has 116 valence electrons. The van der Waals surface area contributed by atoms with Gasteiger partial charge >= 0.3 is 0 Å². The Morgan fingerprint density at radius 3 is 2.87 bits per heavy atom. The summed E-state index contributed by atoms with van der Waals surface area (Å²) in [6.45, 7) is 0.243. The van der Waals surface area contributed by atoms with Gasteiger partial charge in [0.2, 0.25) is 5.91 Å². The number of amides is 1. The predicted molar refractivity (Wildman–Crippen MR) is 87.9 cm³/mol. The fraction of sp³-hybridized carbons (Fsp3) is 0.125. The van der Waals surface area contributed by atoms with Crippen molar-refractivity contribution in [3.8, 4) is 11.3 Å². The average Bonchev–Trinajstić information content (AvgIpc) is 3.10. The summed E-state index contributed by atoms with van der Waals surface area (Å²) in [6, 6.07) is 8.66. The van der Waals surface area contributed by atoms with Gasteiger partial charge in [0.25, 0.3) is 5.56 Å². The van der Waals surface area contributed by atoms with Crippen molar-refractivity contribution in [2.45, 2.75) is 13.1 Å². The van der Waals surface area contributed by atoms with Crippen LogP contribution in [0.1, 0.15) is 5.56 Å². The van der Waals surface area contributed by atoms with Crippen molar-refractivity contribution >= 4 is 17.2 Å². The summed E-state index contributed by atoms with van der Waals surface area (Å²) in [4.78, 5) is 27.9. The molecular formula is C16H14N4O2S. The molecule has 23 heavy (non-hydrogen) atoms. The van der Waals surface area contributed by atoms with E-state index in [4.69, 9.17) is 0 Å². The number of aromatic nitrogens is 3. The Bertz CT molecular complexity index is 858. The first-order valence-corrected chi connectivity index (χ1v) is 7.93. The van der Waals surface area contributed by atoms with E-state index in [9.17, 15) is 9.59 Å². The Hall–Kier alpha value is -2.80. The molecule has 0 spiro atoms. The van der Waals surface area contributed by atoms with Gasteiger partial charge in [0, 0.05) is 35.9 Å². The highest BCUT2D eigenvalue weighted by atomic mass is 32.1. The lowest BCUT2D eigenvalue weighted by Gasteiger charge is -2.09. The van der Waals surface area contributed by atoms with E-state index in [-0.39, 0.29) is 18.0 Å². The zero-order chi connectivity index (χ0) is 16.1. The second kappa shape index (κ2) is 6.97. The van der Waals surface area contributed by atoms with Gasteiger partial charge in [0.1, 0.15) is 6.54 Å². The van der Waals surface area contributed by atoms with Crippen molar-refractivity contribution in [2.24, 2.45) is 0 Å². The summed E-state index contributed by atoms with van der Waals surface area (Å²) < 4.78 is 1.12. The Morgan fingerprint density at radius 2 is 2.09 bits per heavy atom. The van der Waals surface area contributed by atoms with Crippen LogP contribution in [-0.4, -0.2) is 20.7 Å². The molecular weight excluding hydrogens is 312 g/mol. The summed E-state index contributed by atoms with van der Waals surface area (Å²) in [5, 5.41) is 10.7. The van der Waals surface area contributed by atoms with Crippen LogP contribution in [0, 0.1) is 0 Å². The van der Waals surface area contributed by atoms with Gasteiger partial charge < -0.3 is 5.32 Å². The highest BCUT2D eigenvalue weighted by Crippen LogP contribution is 2.23. The molecule has 1 amide bonds. The van der Waals surface area contributed by atoms with Crippen LogP contribution in [0.5, 0.6) is 0 Å². The van der Waals surface area contributed by atoms with Crippen LogP contribution in [-0.2, 0) is 17.9 Å². The third kappa shape index (κ3) is 3.70. The number of nitrogens with one attached hydrogen (secondary N) is 1. The zero-order valence-corrected chi connectivity index (χ0v) is 13.0. The summed E-state index contributed by atoms with van der Waals surface area (Å²) in [5.74, 6) is -0.272. The smallest absolute Gasteiger partial charge is 0.267 e. The summed E-state index contributed by atoms with van der Waals surface area (Å²) in [5.41, 5.74) is 2.50. The van der Waals surface area contributed by atoms with Crippen LogP contribution < -0.4 is 10.9 Å². The maximum Gasteiger partial charge on any atom is 0.267 e. The average molecular weight is 326 g/mol. The van der Waals surface area contributed by atoms with Gasteiger partial charge in [0.15, 0.2) is 0 Å². The van der Waals surface area contributed by atoms with Gasteiger partial charge in [-0.3, -0.25) is 14.6 Å². The van der Waals surface area contributed by atoms with Crippen molar-refractivity contribution in [2.75, 3.05) is 0 Å². The maximum atomic E-state index is 12.0. The van der Waals surface area contributed by atoms with Gasteiger partial charge in [-0.05, 0) is 29.1 Å². The fourth-order valence-electron chi connectivity index (χ4n) is 2.13. The maximum absolute atomic E-state index is 12.0. The minimum Gasteiger partial charge on any atom is -0.350 e. The Morgan fingerprint density at radius 1 is 1.22 bits per heavy atom. The Balaban J connectivity index is 1.68. The molecule has 0 aliphatic rings. The highest BCUT2D eigenvalue weighted by Gasteiger charge is 2.09. The third-order valence-electron chi connectivity index (χ3n) is 3.24. The van der Waals surface area contributed by atoms with Crippen molar-refractivity contribution in [3.63, 3.8) is 0 Å². The first-order valence-electron chi connectivity index (χ1n) is 6.99. The number of carbonyl (C=O) groups is 1. The molecule has 3 aromatic heterocycles. The summed E-state index contributed by atoms with van der Waals surface area (Å²) >= 11 is 1.60. The van der Waals surface area contributed by atoms with Gasteiger partial charge in [-0.25, -0.2) is 4.68 Å². The molecule has 1 N–H and O–H groups in total. The van der Waals surface area contributed by atoms with Gasteiger partial charge in [-0.1, -0.05) is 6.07 Å². The van der Waals surface area contributed by atoms with E-state index in [1.54, 1.807) is 23.6 Å².